The first-order chi connectivity index (χ1) is 5.38. The predicted octanol–water partition coefficient (Wildman–Crippen LogP) is 1.21. The van der Waals surface area contributed by atoms with Gasteiger partial charge in [-0.15, -0.1) is 0 Å². The SMILES string of the molecule is CO[C](OC)c1ccncc1. The number of hydrogen-bond donors (Lipinski definition) is 0. The largest absolute Gasteiger partial charge is 0.345 e. The molecule has 3 nitrogen and oxygen atoms in total. The first-order valence-electron chi connectivity index (χ1n) is 3.24. The third-order valence-corrected chi connectivity index (χ3v) is 1.29. The van der Waals surface area contributed by atoms with E-state index in [1.807, 2.05) is 12.1 Å². The lowest BCUT2D eigenvalue weighted by atomic mass is 10.3. The monoisotopic (exact) mass is 152 g/mol. The van der Waals surface area contributed by atoms with E-state index in [9.17, 15) is 0 Å². The van der Waals surface area contributed by atoms with E-state index >= 15 is 0 Å². The number of methoxy groups -OCH3 is 2. The Morgan fingerprint density at radius 1 is 1.18 bits per heavy atom. The van der Waals surface area contributed by atoms with Crippen LogP contribution in [0.3, 0.4) is 0 Å². The zero-order chi connectivity index (χ0) is 8.10. The van der Waals surface area contributed by atoms with Crippen LogP contribution in [0.25, 0.3) is 0 Å². The lowest BCUT2D eigenvalue weighted by Gasteiger charge is -2.09. The van der Waals surface area contributed by atoms with E-state index < -0.39 is 0 Å². The Hall–Kier alpha value is -0.930. The molecule has 1 aromatic heterocycles. The van der Waals surface area contributed by atoms with Gasteiger partial charge in [0.05, 0.1) is 0 Å². The van der Waals surface area contributed by atoms with Crippen molar-refractivity contribution < 1.29 is 9.47 Å². The molecule has 0 spiro atoms. The molecule has 0 amide bonds. The molecule has 3 heteroatoms. The van der Waals surface area contributed by atoms with Crippen molar-refractivity contribution in [3.8, 4) is 0 Å². The van der Waals surface area contributed by atoms with E-state index in [0.29, 0.717) is 6.29 Å². The van der Waals surface area contributed by atoms with Crippen molar-refractivity contribution in [3.05, 3.63) is 36.4 Å². The van der Waals surface area contributed by atoms with Crippen LogP contribution in [0.15, 0.2) is 24.5 Å². The smallest absolute Gasteiger partial charge is 0.255 e. The fourth-order valence-corrected chi connectivity index (χ4v) is 0.807. The number of hydrogen-bond acceptors (Lipinski definition) is 3. The van der Waals surface area contributed by atoms with E-state index in [0.717, 1.165) is 5.56 Å². The molecule has 59 valence electrons. The van der Waals surface area contributed by atoms with Gasteiger partial charge in [-0.1, -0.05) is 0 Å². The molecule has 0 atom stereocenters. The highest BCUT2D eigenvalue weighted by molar-refractivity contribution is 5.20. The van der Waals surface area contributed by atoms with Crippen LogP contribution in [-0.2, 0) is 9.47 Å². The van der Waals surface area contributed by atoms with Crippen molar-refractivity contribution in [1.82, 2.24) is 4.98 Å². The zero-order valence-electron chi connectivity index (χ0n) is 6.57. The van der Waals surface area contributed by atoms with Crippen molar-refractivity contribution >= 4 is 0 Å². The van der Waals surface area contributed by atoms with Gasteiger partial charge < -0.3 is 9.47 Å². The molecule has 11 heavy (non-hydrogen) atoms. The molecule has 1 aromatic rings. The molecule has 0 saturated heterocycles. The zero-order valence-corrected chi connectivity index (χ0v) is 6.57. The van der Waals surface area contributed by atoms with Crippen LogP contribution in [-0.4, -0.2) is 19.2 Å². The highest BCUT2D eigenvalue weighted by Gasteiger charge is 2.09. The van der Waals surface area contributed by atoms with Crippen LogP contribution in [0.2, 0.25) is 0 Å². The van der Waals surface area contributed by atoms with Crippen molar-refractivity contribution in [2.75, 3.05) is 14.2 Å². The first-order valence-corrected chi connectivity index (χ1v) is 3.24. The van der Waals surface area contributed by atoms with Gasteiger partial charge in [0.2, 0.25) is 0 Å². The highest BCUT2D eigenvalue weighted by atomic mass is 16.7. The Balaban J connectivity index is 2.74. The van der Waals surface area contributed by atoms with Crippen LogP contribution >= 0.6 is 0 Å². The summed E-state index contributed by atoms with van der Waals surface area (Å²) >= 11 is 0. The number of nitrogens with zero attached hydrogens (tertiary/aromatic N) is 1. The molecule has 0 fully saturated rings. The van der Waals surface area contributed by atoms with Gasteiger partial charge >= 0.3 is 0 Å². The molecule has 1 radical (unpaired) electrons. The van der Waals surface area contributed by atoms with Crippen molar-refractivity contribution in [2.45, 2.75) is 0 Å². The minimum Gasteiger partial charge on any atom is -0.345 e. The standard InChI is InChI=1S/C8H10NO2/c1-10-8(11-2)7-3-5-9-6-4-7/h3-6H,1-2H3. The Bertz CT molecular complexity index is 197. The summed E-state index contributed by atoms with van der Waals surface area (Å²) in [6.07, 6.45) is 3.88. The molecule has 0 aliphatic rings. The Kier molecular flexibility index (Phi) is 3.01. The normalized spacial score (nSPS) is 10.5. The van der Waals surface area contributed by atoms with Gasteiger partial charge in [-0.2, -0.15) is 0 Å². The van der Waals surface area contributed by atoms with Crippen LogP contribution < -0.4 is 0 Å². The molecule has 0 aromatic carbocycles. The van der Waals surface area contributed by atoms with Crippen LogP contribution in [0.1, 0.15) is 5.56 Å². The third kappa shape index (κ3) is 2.00. The molecule has 0 unspecified atom stereocenters. The molecule has 0 bridgehead atoms. The molecule has 0 aliphatic heterocycles. The maximum absolute atomic E-state index is 4.95. The number of ether oxygens (including phenoxy) is 2. The van der Waals surface area contributed by atoms with Crippen LogP contribution in [0.5, 0.6) is 0 Å². The van der Waals surface area contributed by atoms with Crippen molar-refractivity contribution in [2.24, 2.45) is 0 Å². The van der Waals surface area contributed by atoms with Gasteiger partial charge in [0.15, 0.2) is 0 Å². The molecule has 1 heterocycles. The average molecular weight is 152 g/mol. The van der Waals surface area contributed by atoms with E-state index in [1.54, 1.807) is 26.6 Å². The van der Waals surface area contributed by atoms with Gasteiger partial charge in [0.1, 0.15) is 0 Å². The van der Waals surface area contributed by atoms with Crippen molar-refractivity contribution in [1.29, 1.82) is 0 Å². The predicted molar refractivity (Wildman–Crippen MR) is 40.6 cm³/mol. The molecule has 0 N–H and O–H groups in total. The maximum Gasteiger partial charge on any atom is 0.255 e. The molecular weight excluding hydrogens is 142 g/mol. The number of rotatable bonds is 3. The first kappa shape index (κ1) is 8.17. The summed E-state index contributed by atoms with van der Waals surface area (Å²) in [5.41, 5.74) is 0.894. The van der Waals surface area contributed by atoms with Gasteiger partial charge in [0.25, 0.3) is 6.29 Å². The fourth-order valence-electron chi connectivity index (χ4n) is 0.807. The number of aromatic nitrogens is 1. The topological polar surface area (TPSA) is 31.4 Å². The maximum atomic E-state index is 4.95. The van der Waals surface area contributed by atoms with E-state index in [4.69, 9.17) is 9.47 Å². The second-order valence-electron chi connectivity index (χ2n) is 1.93. The Labute approximate surface area is 66.0 Å². The Morgan fingerprint density at radius 3 is 2.18 bits per heavy atom. The number of pyridine rings is 1. The highest BCUT2D eigenvalue weighted by Crippen LogP contribution is 2.13. The second-order valence-corrected chi connectivity index (χ2v) is 1.93. The summed E-state index contributed by atoms with van der Waals surface area (Å²) in [7, 11) is 3.14. The average Bonchev–Trinajstić information content (AvgIpc) is 2.09. The Morgan fingerprint density at radius 2 is 1.73 bits per heavy atom. The molecule has 0 saturated carbocycles. The summed E-state index contributed by atoms with van der Waals surface area (Å²) in [6.45, 7) is 0. The molecule has 0 aliphatic carbocycles. The lowest BCUT2D eigenvalue weighted by Crippen LogP contribution is -2.04. The summed E-state index contributed by atoms with van der Waals surface area (Å²) in [4.78, 5) is 3.87. The summed E-state index contributed by atoms with van der Waals surface area (Å²) in [5.74, 6) is 0. The van der Waals surface area contributed by atoms with E-state index in [1.165, 1.54) is 0 Å². The van der Waals surface area contributed by atoms with Gasteiger partial charge in [-0.3, -0.25) is 4.98 Å². The van der Waals surface area contributed by atoms with E-state index in [-0.39, 0.29) is 0 Å². The third-order valence-electron chi connectivity index (χ3n) is 1.29. The second kappa shape index (κ2) is 4.05. The summed E-state index contributed by atoms with van der Waals surface area (Å²) in [5, 5.41) is 0. The van der Waals surface area contributed by atoms with Gasteiger partial charge in [-0.05, 0) is 12.1 Å². The summed E-state index contributed by atoms with van der Waals surface area (Å²) < 4.78 is 9.90. The van der Waals surface area contributed by atoms with Gasteiger partial charge in [0, 0.05) is 32.2 Å². The minimum atomic E-state index is 0.507. The minimum absolute atomic E-state index is 0.507. The van der Waals surface area contributed by atoms with Crippen LogP contribution in [0, 0.1) is 6.29 Å². The lowest BCUT2D eigenvalue weighted by molar-refractivity contribution is 0.0268. The van der Waals surface area contributed by atoms with E-state index in [2.05, 4.69) is 4.98 Å². The molecule has 1 rings (SSSR count). The summed E-state index contributed by atoms with van der Waals surface area (Å²) in [6, 6.07) is 3.64. The van der Waals surface area contributed by atoms with Gasteiger partial charge in [-0.25, -0.2) is 0 Å². The van der Waals surface area contributed by atoms with Crippen LogP contribution in [0.4, 0.5) is 0 Å². The molecular formula is C8H10NO2. The fraction of sp³-hybridized carbons (Fsp3) is 0.250. The quantitative estimate of drug-likeness (QED) is 0.652. The van der Waals surface area contributed by atoms with Crippen molar-refractivity contribution in [3.63, 3.8) is 0 Å².